The van der Waals surface area contributed by atoms with Crippen molar-refractivity contribution in [2.24, 2.45) is 11.8 Å². The van der Waals surface area contributed by atoms with E-state index in [1.54, 1.807) is 7.11 Å². The van der Waals surface area contributed by atoms with E-state index >= 15 is 0 Å². The normalized spacial score (nSPS) is 17.6. The third-order valence-corrected chi connectivity index (χ3v) is 3.79. The van der Waals surface area contributed by atoms with E-state index < -0.39 is 0 Å². The molecule has 0 radical (unpaired) electrons. The standard InChI is InChI=1S/C14H28N2O2.ClH/c1-12(13-5-8-15-9-6-13)11-14(17)16-7-3-4-10-18-2;/h12-13,15H,3-11H2,1-2H3,(H,16,17);1H. The van der Waals surface area contributed by atoms with Gasteiger partial charge >= 0.3 is 0 Å². The van der Waals surface area contributed by atoms with Crippen molar-refractivity contribution in [1.82, 2.24) is 10.6 Å². The van der Waals surface area contributed by atoms with Gasteiger partial charge in [-0.3, -0.25) is 4.79 Å². The Bertz CT molecular complexity index is 233. The molecule has 0 aromatic heterocycles. The molecule has 1 fully saturated rings. The number of halogens is 1. The lowest BCUT2D eigenvalue weighted by Crippen LogP contribution is -2.33. The molecule has 1 heterocycles. The zero-order valence-electron chi connectivity index (χ0n) is 12.2. The highest BCUT2D eigenvalue weighted by Gasteiger charge is 2.21. The molecule has 1 atom stereocenters. The minimum absolute atomic E-state index is 0. The Morgan fingerprint density at radius 3 is 2.68 bits per heavy atom. The van der Waals surface area contributed by atoms with E-state index in [0.29, 0.717) is 18.3 Å². The number of methoxy groups -OCH3 is 1. The zero-order chi connectivity index (χ0) is 13.2. The number of carbonyl (C=O) groups is 1. The summed E-state index contributed by atoms with van der Waals surface area (Å²) in [7, 11) is 1.71. The number of hydrogen-bond acceptors (Lipinski definition) is 3. The summed E-state index contributed by atoms with van der Waals surface area (Å²) >= 11 is 0. The molecule has 0 saturated carbocycles. The van der Waals surface area contributed by atoms with Crippen LogP contribution in [0.5, 0.6) is 0 Å². The molecule has 0 aliphatic carbocycles. The summed E-state index contributed by atoms with van der Waals surface area (Å²) in [5, 5.41) is 6.37. The van der Waals surface area contributed by atoms with Gasteiger partial charge in [0.05, 0.1) is 0 Å². The number of carbonyl (C=O) groups excluding carboxylic acids is 1. The Morgan fingerprint density at radius 1 is 1.37 bits per heavy atom. The molecule has 4 nitrogen and oxygen atoms in total. The predicted molar refractivity (Wildman–Crippen MR) is 80.7 cm³/mol. The molecule has 1 saturated heterocycles. The number of rotatable bonds is 8. The van der Waals surface area contributed by atoms with E-state index in [4.69, 9.17) is 4.74 Å². The van der Waals surface area contributed by atoms with E-state index in [1.807, 2.05) is 0 Å². The monoisotopic (exact) mass is 292 g/mol. The second kappa shape index (κ2) is 11.5. The van der Waals surface area contributed by atoms with Gasteiger partial charge in [-0.2, -0.15) is 0 Å². The van der Waals surface area contributed by atoms with Gasteiger partial charge < -0.3 is 15.4 Å². The topological polar surface area (TPSA) is 50.4 Å². The van der Waals surface area contributed by atoms with Crippen LogP contribution in [0.3, 0.4) is 0 Å². The first-order valence-electron chi connectivity index (χ1n) is 7.20. The molecule has 5 heteroatoms. The van der Waals surface area contributed by atoms with Gasteiger partial charge in [0.25, 0.3) is 0 Å². The zero-order valence-corrected chi connectivity index (χ0v) is 13.1. The van der Waals surface area contributed by atoms with Gasteiger partial charge in [-0.05, 0) is 50.6 Å². The molecule has 0 aromatic carbocycles. The van der Waals surface area contributed by atoms with Crippen LogP contribution in [0.25, 0.3) is 0 Å². The van der Waals surface area contributed by atoms with Crippen molar-refractivity contribution < 1.29 is 9.53 Å². The first-order chi connectivity index (χ1) is 8.74. The third kappa shape index (κ3) is 8.45. The lowest BCUT2D eigenvalue weighted by molar-refractivity contribution is -0.122. The van der Waals surface area contributed by atoms with Crippen LogP contribution in [0.1, 0.15) is 39.0 Å². The lowest BCUT2D eigenvalue weighted by Gasteiger charge is -2.27. The maximum absolute atomic E-state index is 11.8. The Kier molecular flexibility index (Phi) is 11.3. The Hall–Kier alpha value is -0.320. The molecule has 1 rings (SSSR count). The summed E-state index contributed by atoms with van der Waals surface area (Å²) in [6.07, 6.45) is 5.11. The van der Waals surface area contributed by atoms with Crippen molar-refractivity contribution in [1.29, 1.82) is 0 Å². The molecule has 0 aromatic rings. The third-order valence-electron chi connectivity index (χ3n) is 3.79. The van der Waals surface area contributed by atoms with E-state index in [0.717, 1.165) is 39.1 Å². The molecular weight excluding hydrogens is 264 g/mol. The van der Waals surface area contributed by atoms with Crippen molar-refractivity contribution >= 4 is 18.3 Å². The average Bonchev–Trinajstić information content (AvgIpc) is 2.39. The molecule has 1 aliphatic heterocycles. The fourth-order valence-electron chi connectivity index (χ4n) is 2.54. The Labute approximate surface area is 123 Å². The van der Waals surface area contributed by atoms with Crippen molar-refractivity contribution in [3.63, 3.8) is 0 Å². The van der Waals surface area contributed by atoms with Gasteiger partial charge in [-0.1, -0.05) is 6.92 Å². The molecular formula is C14H29ClN2O2. The number of ether oxygens (including phenoxy) is 1. The van der Waals surface area contributed by atoms with Crippen LogP contribution in [0.4, 0.5) is 0 Å². The molecule has 114 valence electrons. The lowest BCUT2D eigenvalue weighted by atomic mass is 9.84. The number of piperidine rings is 1. The summed E-state index contributed by atoms with van der Waals surface area (Å²) in [5.74, 6) is 1.43. The smallest absolute Gasteiger partial charge is 0.220 e. The van der Waals surface area contributed by atoms with Crippen LogP contribution >= 0.6 is 12.4 Å². The van der Waals surface area contributed by atoms with E-state index in [1.165, 1.54) is 12.8 Å². The van der Waals surface area contributed by atoms with Crippen LogP contribution in [0.15, 0.2) is 0 Å². The summed E-state index contributed by atoms with van der Waals surface area (Å²) in [4.78, 5) is 11.8. The Balaban J connectivity index is 0.00000324. The molecule has 1 unspecified atom stereocenters. The number of hydrogen-bond donors (Lipinski definition) is 2. The maximum Gasteiger partial charge on any atom is 0.220 e. The second-order valence-corrected chi connectivity index (χ2v) is 5.32. The molecule has 1 amide bonds. The highest BCUT2D eigenvalue weighted by molar-refractivity contribution is 5.85. The molecule has 0 spiro atoms. The summed E-state index contributed by atoms with van der Waals surface area (Å²) < 4.78 is 4.97. The minimum atomic E-state index is 0. The summed E-state index contributed by atoms with van der Waals surface area (Å²) in [5.41, 5.74) is 0. The van der Waals surface area contributed by atoms with Crippen molar-refractivity contribution in [2.45, 2.75) is 39.0 Å². The first kappa shape index (κ1) is 18.7. The predicted octanol–water partition coefficient (Wildman–Crippen LogP) is 1.98. The SMILES string of the molecule is COCCCCNC(=O)CC(C)C1CCNCC1.Cl. The average molecular weight is 293 g/mol. The minimum Gasteiger partial charge on any atom is -0.385 e. The largest absolute Gasteiger partial charge is 0.385 e. The van der Waals surface area contributed by atoms with Crippen LogP contribution in [0.2, 0.25) is 0 Å². The number of unbranched alkanes of at least 4 members (excludes halogenated alkanes) is 1. The van der Waals surface area contributed by atoms with Crippen LogP contribution < -0.4 is 10.6 Å². The van der Waals surface area contributed by atoms with Gasteiger partial charge in [-0.25, -0.2) is 0 Å². The first-order valence-corrected chi connectivity index (χ1v) is 7.20. The van der Waals surface area contributed by atoms with Crippen molar-refractivity contribution in [3.05, 3.63) is 0 Å². The fraction of sp³-hybridized carbons (Fsp3) is 0.929. The molecule has 2 N–H and O–H groups in total. The van der Waals surface area contributed by atoms with Gasteiger partial charge in [0.2, 0.25) is 5.91 Å². The van der Waals surface area contributed by atoms with Crippen molar-refractivity contribution in [2.75, 3.05) is 33.4 Å². The van der Waals surface area contributed by atoms with Gasteiger partial charge in [0.1, 0.15) is 0 Å². The van der Waals surface area contributed by atoms with Gasteiger partial charge in [-0.15, -0.1) is 12.4 Å². The van der Waals surface area contributed by atoms with Gasteiger partial charge in [0, 0.05) is 26.7 Å². The maximum atomic E-state index is 11.8. The van der Waals surface area contributed by atoms with E-state index in [2.05, 4.69) is 17.6 Å². The highest BCUT2D eigenvalue weighted by atomic mass is 35.5. The fourth-order valence-corrected chi connectivity index (χ4v) is 2.54. The quantitative estimate of drug-likeness (QED) is 0.673. The second-order valence-electron chi connectivity index (χ2n) is 5.32. The van der Waals surface area contributed by atoms with E-state index in [9.17, 15) is 4.79 Å². The molecule has 0 bridgehead atoms. The Morgan fingerprint density at radius 2 is 2.05 bits per heavy atom. The molecule has 1 aliphatic rings. The van der Waals surface area contributed by atoms with Crippen LogP contribution in [-0.4, -0.2) is 39.3 Å². The summed E-state index contributed by atoms with van der Waals surface area (Å²) in [6, 6.07) is 0. The molecule has 19 heavy (non-hydrogen) atoms. The highest BCUT2D eigenvalue weighted by Crippen LogP contribution is 2.23. The summed E-state index contributed by atoms with van der Waals surface area (Å²) in [6.45, 7) is 5.98. The van der Waals surface area contributed by atoms with E-state index in [-0.39, 0.29) is 18.3 Å². The van der Waals surface area contributed by atoms with Gasteiger partial charge in [0.15, 0.2) is 0 Å². The van der Waals surface area contributed by atoms with Crippen LogP contribution in [0, 0.1) is 11.8 Å². The van der Waals surface area contributed by atoms with Crippen molar-refractivity contribution in [3.8, 4) is 0 Å². The number of amides is 1. The number of nitrogens with one attached hydrogen (secondary N) is 2. The van der Waals surface area contributed by atoms with Crippen LogP contribution in [-0.2, 0) is 9.53 Å².